The number of hydrogen-bond acceptors (Lipinski definition) is 4. The number of aromatic nitrogens is 3. The maximum atomic E-state index is 12.8. The molecule has 0 atom stereocenters. The van der Waals surface area contributed by atoms with Crippen LogP contribution in [0.3, 0.4) is 0 Å². The van der Waals surface area contributed by atoms with Gasteiger partial charge in [0.1, 0.15) is 17.9 Å². The smallest absolute Gasteiger partial charge is 0.355 e. The van der Waals surface area contributed by atoms with Crippen molar-refractivity contribution in [2.45, 2.75) is 44.8 Å². The first-order chi connectivity index (χ1) is 10.2. The highest BCUT2D eigenvalue weighted by molar-refractivity contribution is 5.99. The molecule has 118 valence electrons. The van der Waals surface area contributed by atoms with Gasteiger partial charge in [-0.05, 0) is 11.8 Å². The van der Waals surface area contributed by atoms with E-state index in [4.69, 9.17) is 4.52 Å². The molecule has 3 rings (SSSR count). The van der Waals surface area contributed by atoms with Crippen molar-refractivity contribution in [2.24, 2.45) is 0 Å². The van der Waals surface area contributed by atoms with E-state index >= 15 is 0 Å². The maximum absolute atomic E-state index is 12.8. The van der Waals surface area contributed by atoms with Crippen LogP contribution in [0.15, 0.2) is 16.8 Å². The number of fused-ring (bicyclic) bond motifs is 1. The second kappa shape index (κ2) is 4.69. The summed E-state index contributed by atoms with van der Waals surface area (Å²) in [7, 11) is 0. The fraction of sp³-hybridized carbons (Fsp3) is 0.500. The van der Waals surface area contributed by atoms with Crippen LogP contribution in [0.25, 0.3) is 11.5 Å². The molecule has 0 saturated carbocycles. The van der Waals surface area contributed by atoms with E-state index in [1.54, 1.807) is 0 Å². The molecule has 0 saturated heterocycles. The summed E-state index contributed by atoms with van der Waals surface area (Å²) in [5.74, 6) is -0.0585. The van der Waals surface area contributed by atoms with Crippen LogP contribution in [0.4, 0.5) is 13.2 Å². The molecule has 0 spiro atoms. The normalized spacial score (nSPS) is 17.6. The molecule has 2 heterocycles. The minimum atomic E-state index is -4.46. The average molecular weight is 313 g/mol. The van der Waals surface area contributed by atoms with Crippen LogP contribution in [0.5, 0.6) is 0 Å². The molecule has 0 aliphatic heterocycles. The van der Waals surface area contributed by atoms with Crippen molar-refractivity contribution in [2.75, 3.05) is 0 Å². The van der Waals surface area contributed by atoms with Gasteiger partial charge >= 0.3 is 6.18 Å². The Morgan fingerprint density at radius 3 is 2.73 bits per heavy atom. The van der Waals surface area contributed by atoms with Gasteiger partial charge in [-0.15, -0.1) is 0 Å². The van der Waals surface area contributed by atoms with E-state index in [1.807, 2.05) is 13.8 Å². The Labute approximate surface area is 124 Å². The minimum Gasteiger partial charge on any atom is -0.355 e. The number of carbonyl (C=O) groups is 1. The predicted molar refractivity (Wildman–Crippen MR) is 70.4 cm³/mol. The van der Waals surface area contributed by atoms with E-state index in [1.165, 1.54) is 12.3 Å². The zero-order valence-corrected chi connectivity index (χ0v) is 12.1. The van der Waals surface area contributed by atoms with Crippen molar-refractivity contribution in [3.8, 4) is 11.5 Å². The number of ketones is 1. The largest absolute Gasteiger partial charge is 0.408 e. The van der Waals surface area contributed by atoms with Crippen LogP contribution in [-0.4, -0.2) is 26.9 Å². The molecule has 1 aliphatic carbocycles. The molecule has 0 N–H and O–H groups in total. The van der Waals surface area contributed by atoms with Crippen LogP contribution in [-0.2, 0) is 12.0 Å². The van der Waals surface area contributed by atoms with Crippen molar-refractivity contribution in [1.29, 1.82) is 0 Å². The van der Waals surface area contributed by atoms with E-state index in [9.17, 15) is 18.0 Å². The van der Waals surface area contributed by atoms with Gasteiger partial charge in [0.25, 0.3) is 0 Å². The van der Waals surface area contributed by atoms with Gasteiger partial charge in [0.05, 0.1) is 6.20 Å². The second-order valence-electron chi connectivity index (χ2n) is 6.03. The van der Waals surface area contributed by atoms with Gasteiger partial charge < -0.3 is 4.52 Å². The summed E-state index contributed by atoms with van der Waals surface area (Å²) in [5, 5.41) is 7.57. The van der Waals surface area contributed by atoms with E-state index < -0.39 is 18.1 Å². The molecule has 2 aromatic rings. The number of hydrogen-bond donors (Lipinski definition) is 0. The zero-order valence-electron chi connectivity index (χ0n) is 12.1. The highest BCUT2D eigenvalue weighted by atomic mass is 19.4. The molecule has 0 bridgehead atoms. The number of nitrogens with zero attached hydrogens (tertiary/aromatic N) is 3. The lowest BCUT2D eigenvalue weighted by Crippen LogP contribution is -2.30. The number of alkyl halides is 3. The molecular formula is C14H14F3N3O2. The van der Waals surface area contributed by atoms with Crippen molar-refractivity contribution in [1.82, 2.24) is 14.9 Å². The fourth-order valence-electron chi connectivity index (χ4n) is 2.85. The molecule has 5 nitrogen and oxygen atoms in total. The highest BCUT2D eigenvalue weighted by Crippen LogP contribution is 2.42. The van der Waals surface area contributed by atoms with Crippen molar-refractivity contribution in [3.05, 3.63) is 23.5 Å². The van der Waals surface area contributed by atoms with Gasteiger partial charge in [0, 0.05) is 18.1 Å². The topological polar surface area (TPSA) is 60.9 Å². The summed E-state index contributed by atoms with van der Waals surface area (Å²) in [5.41, 5.74) is 0.328. The second-order valence-corrected chi connectivity index (χ2v) is 6.03. The number of carbonyl (C=O) groups excluding carboxylic acids is 1. The van der Waals surface area contributed by atoms with E-state index in [2.05, 4.69) is 10.3 Å². The summed E-state index contributed by atoms with van der Waals surface area (Å²) in [6.07, 6.45) is -2.31. The Hall–Kier alpha value is -2.12. The first-order valence-corrected chi connectivity index (χ1v) is 6.81. The van der Waals surface area contributed by atoms with E-state index in [0.29, 0.717) is 12.0 Å². The summed E-state index contributed by atoms with van der Waals surface area (Å²) in [6.45, 7) is 2.47. The first kappa shape index (κ1) is 14.8. The third kappa shape index (κ3) is 2.42. The standard InChI is InChI=1S/C14H14F3N3O2/c1-13(2)5-3-8(21)12-10(13)11(9-4-6-18-22-9)19-20(12)7-14(15,16)17/h4,6H,3,5,7H2,1-2H3. The zero-order chi connectivity index (χ0) is 16.1. The van der Waals surface area contributed by atoms with E-state index in [0.717, 1.165) is 4.68 Å². The SMILES string of the molecule is CC1(C)CCC(=O)c2c1c(-c1ccno1)nn2CC(F)(F)F. The van der Waals surface area contributed by atoms with Gasteiger partial charge in [-0.3, -0.25) is 9.48 Å². The molecule has 0 aromatic carbocycles. The summed E-state index contributed by atoms with van der Waals surface area (Å²) >= 11 is 0. The molecule has 2 aromatic heterocycles. The van der Waals surface area contributed by atoms with E-state index in [-0.39, 0.29) is 29.4 Å². The van der Waals surface area contributed by atoms with Crippen LogP contribution >= 0.6 is 0 Å². The predicted octanol–water partition coefficient (Wildman–Crippen LogP) is 3.35. The summed E-state index contributed by atoms with van der Waals surface area (Å²) in [6, 6.07) is 1.52. The first-order valence-electron chi connectivity index (χ1n) is 6.81. The fourth-order valence-corrected chi connectivity index (χ4v) is 2.85. The Kier molecular flexibility index (Phi) is 3.15. The average Bonchev–Trinajstić information content (AvgIpc) is 2.99. The lowest BCUT2D eigenvalue weighted by atomic mass is 9.73. The Morgan fingerprint density at radius 1 is 1.41 bits per heavy atom. The quantitative estimate of drug-likeness (QED) is 0.853. The molecule has 1 aliphatic rings. The third-order valence-electron chi connectivity index (χ3n) is 3.87. The summed E-state index contributed by atoms with van der Waals surface area (Å²) < 4.78 is 44.1. The van der Waals surface area contributed by atoms with Gasteiger partial charge in [-0.25, -0.2) is 0 Å². The van der Waals surface area contributed by atoms with Crippen molar-refractivity contribution < 1.29 is 22.5 Å². The van der Waals surface area contributed by atoms with Gasteiger partial charge in [0.15, 0.2) is 11.5 Å². The highest BCUT2D eigenvalue weighted by Gasteiger charge is 2.41. The van der Waals surface area contributed by atoms with Crippen LogP contribution < -0.4 is 0 Å². The molecule has 22 heavy (non-hydrogen) atoms. The van der Waals surface area contributed by atoms with Crippen LogP contribution in [0.2, 0.25) is 0 Å². The van der Waals surface area contributed by atoms with Gasteiger partial charge in [-0.1, -0.05) is 19.0 Å². The third-order valence-corrected chi connectivity index (χ3v) is 3.87. The molecule has 0 radical (unpaired) electrons. The molecule has 8 heteroatoms. The van der Waals surface area contributed by atoms with Crippen molar-refractivity contribution in [3.63, 3.8) is 0 Å². The lowest BCUT2D eigenvalue weighted by Gasteiger charge is -2.29. The molecular weight excluding hydrogens is 299 g/mol. The number of rotatable bonds is 2. The van der Waals surface area contributed by atoms with Crippen LogP contribution in [0, 0.1) is 0 Å². The summed E-state index contributed by atoms with van der Waals surface area (Å²) in [4.78, 5) is 12.2. The van der Waals surface area contributed by atoms with Gasteiger partial charge in [-0.2, -0.15) is 18.3 Å². The Morgan fingerprint density at radius 2 is 2.14 bits per heavy atom. The molecule has 0 unspecified atom stereocenters. The molecule has 0 amide bonds. The Bertz CT molecular complexity index is 715. The minimum absolute atomic E-state index is 0.0278. The monoisotopic (exact) mass is 313 g/mol. The Balaban J connectivity index is 2.24. The molecule has 0 fully saturated rings. The maximum Gasteiger partial charge on any atom is 0.408 e. The van der Waals surface area contributed by atoms with Crippen molar-refractivity contribution >= 4 is 5.78 Å². The number of halogens is 3. The lowest BCUT2D eigenvalue weighted by molar-refractivity contribution is -0.142. The number of Topliss-reactive ketones (excluding diaryl/α,β-unsaturated/α-hetero) is 1. The van der Waals surface area contributed by atoms with Crippen LogP contribution in [0.1, 0.15) is 42.7 Å². The van der Waals surface area contributed by atoms with Gasteiger partial charge in [0.2, 0.25) is 0 Å².